The maximum atomic E-state index is 12.3. The molecular weight excluding hydrogens is 252 g/mol. The van der Waals surface area contributed by atoms with Crippen LogP contribution in [-0.2, 0) is 11.3 Å². The van der Waals surface area contributed by atoms with Gasteiger partial charge >= 0.3 is 0 Å². The van der Waals surface area contributed by atoms with Crippen LogP contribution < -0.4 is 5.73 Å². The molecule has 0 spiro atoms. The van der Waals surface area contributed by atoms with Crippen LogP contribution in [0.3, 0.4) is 0 Å². The highest BCUT2D eigenvalue weighted by atomic mass is 16.2. The van der Waals surface area contributed by atoms with Crippen molar-refractivity contribution in [3.05, 3.63) is 18.2 Å². The standard InChI is InChI=1S/C15H26N4O/c1-4-7-18-10-17-8-13(18)15-12(16)5-6-14(20)19(15)9-11(2)3/h8,10-12,15H,4-7,9,16H2,1-3H3. The number of carbonyl (C=O) groups is 1. The van der Waals surface area contributed by atoms with Gasteiger partial charge in [-0.05, 0) is 18.8 Å². The van der Waals surface area contributed by atoms with Gasteiger partial charge in [-0.15, -0.1) is 0 Å². The van der Waals surface area contributed by atoms with Crippen molar-refractivity contribution in [1.82, 2.24) is 14.5 Å². The van der Waals surface area contributed by atoms with E-state index in [1.165, 1.54) is 0 Å². The quantitative estimate of drug-likeness (QED) is 0.895. The summed E-state index contributed by atoms with van der Waals surface area (Å²) in [6.07, 6.45) is 6.08. The van der Waals surface area contributed by atoms with Gasteiger partial charge in [0.05, 0.1) is 24.3 Å². The summed E-state index contributed by atoms with van der Waals surface area (Å²) in [5, 5.41) is 0. The summed E-state index contributed by atoms with van der Waals surface area (Å²) >= 11 is 0. The van der Waals surface area contributed by atoms with Crippen molar-refractivity contribution in [2.24, 2.45) is 11.7 Å². The number of amides is 1. The van der Waals surface area contributed by atoms with E-state index < -0.39 is 0 Å². The number of imidazole rings is 1. The summed E-state index contributed by atoms with van der Waals surface area (Å²) in [4.78, 5) is 18.5. The summed E-state index contributed by atoms with van der Waals surface area (Å²) in [6, 6.07) is -0.0357. The van der Waals surface area contributed by atoms with Crippen molar-refractivity contribution < 1.29 is 4.79 Å². The zero-order valence-electron chi connectivity index (χ0n) is 12.7. The Morgan fingerprint density at radius 2 is 2.25 bits per heavy atom. The van der Waals surface area contributed by atoms with E-state index in [1.807, 2.05) is 17.4 Å². The molecule has 1 aliphatic heterocycles. The van der Waals surface area contributed by atoms with Gasteiger partial charge < -0.3 is 15.2 Å². The Balaban J connectivity index is 2.31. The maximum absolute atomic E-state index is 12.3. The zero-order chi connectivity index (χ0) is 14.7. The molecule has 0 saturated carbocycles. The topological polar surface area (TPSA) is 64.2 Å². The summed E-state index contributed by atoms with van der Waals surface area (Å²) in [5.41, 5.74) is 7.41. The average Bonchev–Trinajstić information content (AvgIpc) is 2.82. The molecule has 0 bridgehead atoms. The highest BCUT2D eigenvalue weighted by molar-refractivity contribution is 5.77. The van der Waals surface area contributed by atoms with E-state index in [1.54, 1.807) is 0 Å². The van der Waals surface area contributed by atoms with Gasteiger partial charge in [0.1, 0.15) is 0 Å². The molecule has 0 radical (unpaired) electrons. The summed E-state index contributed by atoms with van der Waals surface area (Å²) < 4.78 is 2.14. The number of hydrogen-bond acceptors (Lipinski definition) is 3. The lowest BCUT2D eigenvalue weighted by atomic mass is 9.93. The highest BCUT2D eigenvalue weighted by Gasteiger charge is 2.36. The third-order valence-corrected chi connectivity index (χ3v) is 3.83. The van der Waals surface area contributed by atoms with Gasteiger partial charge in [0, 0.05) is 25.6 Å². The number of carbonyl (C=O) groups excluding carboxylic acids is 1. The predicted octanol–water partition coefficient (Wildman–Crippen LogP) is 1.94. The molecule has 2 unspecified atom stereocenters. The minimum atomic E-state index is -0.0345. The van der Waals surface area contributed by atoms with Gasteiger partial charge in [-0.2, -0.15) is 0 Å². The summed E-state index contributed by atoms with van der Waals surface area (Å²) in [6.45, 7) is 8.08. The Bertz CT molecular complexity index is 454. The third kappa shape index (κ3) is 3.03. The van der Waals surface area contributed by atoms with E-state index >= 15 is 0 Å². The molecule has 1 amide bonds. The third-order valence-electron chi connectivity index (χ3n) is 3.83. The van der Waals surface area contributed by atoms with E-state index in [9.17, 15) is 4.79 Å². The van der Waals surface area contributed by atoms with Crippen molar-refractivity contribution in [3.63, 3.8) is 0 Å². The fourth-order valence-electron chi connectivity index (χ4n) is 2.97. The molecule has 2 atom stereocenters. The van der Waals surface area contributed by atoms with Crippen LogP contribution in [-0.4, -0.2) is 32.9 Å². The molecule has 0 aromatic carbocycles. The van der Waals surface area contributed by atoms with Crippen molar-refractivity contribution >= 4 is 5.91 Å². The Morgan fingerprint density at radius 1 is 1.50 bits per heavy atom. The first kappa shape index (κ1) is 15.0. The molecule has 112 valence electrons. The lowest BCUT2D eigenvalue weighted by Crippen LogP contribution is -2.50. The van der Waals surface area contributed by atoms with Crippen LogP contribution >= 0.6 is 0 Å². The first-order chi connectivity index (χ1) is 9.54. The number of piperidine rings is 1. The van der Waals surface area contributed by atoms with E-state index in [0.717, 1.165) is 31.6 Å². The molecule has 1 fully saturated rings. The number of hydrogen-bond donors (Lipinski definition) is 1. The molecule has 0 aliphatic carbocycles. The van der Waals surface area contributed by atoms with E-state index in [0.29, 0.717) is 12.3 Å². The molecule has 2 rings (SSSR count). The van der Waals surface area contributed by atoms with Crippen molar-refractivity contribution in [2.75, 3.05) is 6.54 Å². The molecule has 1 aromatic heterocycles. The lowest BCUT2D eigenvalue weighted by molar-refractivity contribution is -0.138. The van der Waals surface area contributed by atoms with E-state index in [2.05, 4.69) is 30.3 Å². The average molecular weight is 278 g/mol. The second-order valence-corrected chi connectivity index (χ2v) is 6.10. The molecule has 20 heavy (non-hydrogen) atoms. The van der Waals surface area contributed by atoms with Crippen LogP contribution in [0.25, 0.3) is 0 Å². The fraction of sp³-hybridized carbons (Fsp3) is 0.733. The second-order valence-electron chi connectivity index (χ2n) is 6.10. The number of aromatic nitrogens is 2. The van der Waals surface area contributed by atoms with Crippen LogP contribution in [0.15, 0.2) is 12.5 Å². The van der Waals surface area contributed by atoms with Crippen LogP contribution in [0.1, 0.15) is 51.8 Å². The molecular formula is C15H26N4O. The Kier molecular flexibility index (Phi) is 4.81. The summed E-state index contributed by atoms with van der Waals surface area (Å²) in [5.74, 6) is 0.656. The maximum Gasteiger partial charge on any atom is 0.223 e. The largest absolute Gasteiger partial charge is 0.333 e. The SMILES string of the molecule is CCCn1cncc1C1C(N)CCC(=O)N1CC(C)C. The number of nitrogens with zero attached hydrogens (tertiary/aromatic N) is 3. The van der Waals surface area contributed by atoms with Crippen molar-refractivity contribution in [3.8, 4) is 0 Å². The first-order valence-corrected chi connectivity index (χ1v) is 7.59. The van der Waals surface area contributed by atoms with Gasteiger partial charge in [-0.25, -0.2) is 4.98 Å². The van der Waals surface area contributed by atoms with Crippen LogP contribution in [0.2, 0.25) is 0 Å². The highest BCUT2D eigenvalue weighted by Crippen LogP contribution is 2.31. The summed E-state index contributed by atoms with van der Waals surface area (Å²) in [7, 11) is 0. The Morgan fingerprint density at radius 3 is 2.90 bits per heavy atom. The second kappa shape index (κ2) is 6.39. The van der Waals surface area contributed by atoms with Crippen LogP contribution in [0.5, 0.6) is 0 Å². The number of rotatable bonds is 5. The fourth-order valence-corrected chi connectivity index (χ4v) is 2.97. The minimum Gasteiger partial charge on any atom is -0.333 e. The predicted molar refractivity (Wildman–Crippen MR) is 79.0 cm³/mol. The molecule has 5 nitrogen and oxygen atoms in total. The Hall–Kier alpha value is -1.36. The normalized spacial score (nSPS) is 23.6. The number of nitrogens with two attached hydrogens (primary N) is 1. The van der Waals surface area contributed by atoms with Crippen molar-refractivity contribution in [1.29, 1.82) is 0 Å². The monoisotopic (exact) mass is 278 g/mol. The van der Waals surface area contributed by atoms with Gasteiger partial charge in [-0.3, -0.25) is 4.79 Å². The molecule has 1 aromatic rings. The van der Waals surface area contributed by atoms with E-state index in [4.69, 9.17) is 5.73 Å². The first-order valence-electron chi connectivity index (χ1n) is 7.59. The zero-order valence-corrected chi connectivity index (χ0v) is 12.7. The lowest BCUT2D eigenvalue weighted by Gasteiger charge is -2.40. The van der Waals surface area contributed by atoms with Gasteiger partial charge in [-0.1, -0.05) is 20.8 Å². The van der Waals surface area contributed by atoms with Gasteiger partial charge in [0.25, 0.3) is 0 Å². The van der Waals surface area contributed by atoms with Crippen LogP contribution in [0, 0.1) is 5.92 Å². The molecule has 2 heterocycles. The van der Waals surface area contributed by atoms with Crippen LogP contribution in [0.4, 0.5) is 0 Å². The van der Waals surface area contributed by atoms with Gasteiger partial charge in [0.2, 0.25) is 5.91 Å². The Labute approximate surface area is 121 Å². The van der Waals surface area contributed by atoms with E-state index in [-0.39, 0.29) is 18.0 Å². The number of likely N-dealkylation sites (tertiary alicyclic amines) is 1. The van der Waals surface area contributed by atoms with Gasteiger partial charge in [0.15, 0.2) is 0 Å². The minimum absolute atomic E-state index is 0.00115. The molecule has 5 heteroatoms. The molecule has 1 saturated heterocycles. The number of aryl methyl sites for hydroxylation is 1. The smallest absolute Gasteiger partial charge is 0.223 e. The molecule has 2 N–H and O–H groups in total. The van der Waals surface area contributed by atoms with Crippen molar-refractivity contribution in [2.45, 2.75) is 58.7 Å². The molecule has 1 aliphatic rings.